The summed E-state index contributed by atoms with van der Waals surface area (Å²) in [7, 11) is 0. The highest BCUT2D eigenvalue weighted by molar-refractivity contribution is 5.78. The number of hydrogen-bond acceptors (Lipinski definition) is 5. The molecule has 1 aromatic heterocycles. The average Bonchev–Trinajstić information content (AvgIpc) is 2.82. The van der Waals surface area contributed by atoms with Gasteiger partial charge in [0.2, 0.25) is 11.8 Å². The minimum Gasteiger partial charge on any atom is -0.484 e. The first kappa shape index (κ1) is 15.0. The summed E-state index contributed by atoms with van der Waals surface area (Å²) >= 11 is 0. The number of amides is 1. The van der Waals surface area contributed by atoms with E-state index in [0.717, 1.165) is 5.56 Å². The van der Waals surface area contributed by atoms with E-state index in [1.807, 2.05) is 32.9 Å². The number of nitrogens with zero attached hydrogens (tertiary/aromatic N) is 2. The lowest BCUT2D eigenvalue weighted by Gasteiger charge is -2.20. The van der Waals surface area contributed by atoms with E-state index >= 15 is 0 Å². The fourth-order valence-electron chi connectivity index (χ4n) is 1.71. The van der Waals surface area contributed by atoms with Crippen molar-refractivity contribution in [3.63, 3.8) is 0 Å². The smallest absolute Gasteiger partial charge is 0.258 e. The molecule has 0 saturated heterocycles. The van der Waals surface area contributed by atoms with Gasteiger partial charge in [-0.25, -0.2) is 0 Å². The first-order chi connectivity index (χ1) is 9.83. The molecular weight excluding hydrogens is 270 g/mol. The van der Waals surface area contributed by atoms with Crippen molar-refractivity contribution < 1.29 is 13.9 Å². The Morgan fingerprint density at radius 1 is 1.24 bits per heavy atom. The van der Waals surface area contributed by atoms with E-state index in [2.05, 4.69) is 15.5 Å². The molecule has 0 aliphatic heterocycles. The van der Waals surface area contributed by atoms with Crippen molar-refractivity contribution in [2.45, 2.75) is 33.2 Å². The zero-order chi connectivity index (χ0) is 15.5. The number of hydrogen-bond donors (Lipinski definition) is 1. The van der Waals surface area contributed by atoms with Gasteiger partial charge in [0, 0.05) is 18.0 Å². The molecule has 6 nitrogen and oxygen atoms in total. The topological polar surface area (TPSA) is 77.2 Å². The van der Waals surface area contributed by atoms with Gasteiger partial charge in [0.05, 0.1) is 0 Å². The lowest BCUT2D eigenvalue weighted by atomic mass is 10.1. The van der Waals surface area contributed by atoms with Gasteiger partial charge in [-0.2, -0.15) is 0 Å². The molecule has 0 bridgehead atoms. The first-order valence-electron chi connectivity index (χ1n) is 6.68. The third-order valence-corrected chi connectivity index (χ3v) is 2.51. The van der Waals surface area contributed by atoms with Crippen molar-refractivity contribution in [1.82, 2.24) is 15.5 Å². The molecule has 0 radical (unpaired) electrons. The van der Waals surface area contributed by atoms with Gasteiger partial charge >= 0.3 is 0 Å². The van der Waals surface area contributed by atoms with Gasteiger partial charge < -0.3 is 14.5 Å². The van der Waals surface area contributed by atoms with Gasteiger partial charge in [0.15, 0.2) is 6.61 Å². The molecule has 112 valence electrons. The summed E-state index contributed by atoms with van der Waals surface area (Å²) in [6.07, 6.45) is 0. The van der Waals surface area contributed by atoms with E-state index in [-0.39, 0.29) is 18.1 Å². The van der Waals surface area contributed by atoms with E-state index in [1.54, 1.807) is 19.1 Å². The predicted molar refractivity (Wildman–Crippen MR) is 77.9 cm³/mol. The van der Waals surface area contributed by atoms with Crippen LogP contribution in [-0.4, -0.2) is 28.3 Å². The van der Waals surface area contributed by atoms with Crippen LogP contribution in [0.4, 0.5) is 0 Å². The molecule has 1 heterocycles. The molecule has 2 aromatic rings. The van der Waals surface area contributed by atoms with E-state index in [0.29, 0.717) is 17.5 Å². The molecule has 2 rings (SSSR count). The molecule has 1 N–H and O–H groups in total. The lowest BCUT2D eigenvalue weighted by molar-refractivity contribution is -0.124. The fourth-order valence-corrected chi connectivity index (χ4v) is 1.71. The number of rotatable bonds is 4. The normalized spacial score (nSPS) is 11.2. The van der Waals surface area contributed by atoms with Crippen LogP contribution in [-0.2, 0) is 4.79 Å². The van der Waals surface area contributed by atoms with Gasteiger partial charge in [-0.05, 0) is 45.0 Å². The summed E-state index contributed by atoms with van der Waals surface area (Å²) in [5.41, 5.74) is 0.544. The number of aryl methyl sites for hydroxylation is 1. The maximum absolute atomic E-state index is 11.7. The second-order valence-electron chi connectivity index (χ2n) is 5.74. The van der Waals surface area contributed by atoms with Crippen LogP contribution in [0.2, 0.25) is 0 Å². The van der Waals surface area contributed by atoms with Crippen LogP contribution >= 0.6 is 0 Å². The van der Waals surface area contributed by atoms with Gasteiger partial charge in [-0.3, -0.25) is 4.79 Å². The van der Waals surface area contributed by atoms with Crippen molar-refractivity contribution in [3.8, 4) is 17.2 Å². The number of ether oxygens (including phenoxy) is 1. The van der Waals surface area contributed by atoms with Crippen LogP contribution in [0, 0.1) is 6.92 Å². The summed E-state index contributed by atoms with van der Waals surface area (Å²) in [5.74, 6) is 1.44. The molecule has 6 heteroatoms. The Morgan fingerprint density at radius 3 is 2.43 bits per heavy atom. The molecule has 1 amide bonds. The van der Waals surface area contributed by atoms with Gasteiger partial charge in [0.25, 0.3) is 5.91 Å². The molecule has 0 atom stereocenters. The second kappa shape index (κ2) is 5.95. The van der Waals surface area contributed by atoms with Gasteiger partial charge in [0.1, 0.15) is 5.75 Å². The van der Waals surface area contributed by atoms with Crippen LogP contribution in [0.1, 0.15) is 26.7 Å². The average molecular weight is 289 g/mol. The van der Waals surface area contributed by atoms with E-state index < -0.39 is 0 Å². The molecule has 0 fully saturated rings. The summed E-state index contributed by atoms with van der Waals surface area (Å²) in [6.45, 7) is 7.49. The van der Waals surface area contributed by atoms with Crippen molar-refractivity contribution in [2.24, 2.45) is 0 Å². The fraction of sp³-hybridized carbons (Fsp3) is 0.400. The van der Waals surface area contributed by atoms with Gasteiger partial charge in [-0.15, -0.1) is 10.2 Å². The Kier molecular flexibility index (Phi) is 4.26. The number of nitrogens with one attached hydrogen (secondary N) is 1. The Morgan fingerprint density at radius 2 is 1.90 bits per heavy atom. The molecule has 21 heavy (non-hydrogen) atoms. The van der Waals surface area contributed by atoms with Crippen molar-refractivity contribution in [2.75, 3.05) is 6.61 Å². The monoisotopic (exact) mass is 289 g/mol. The largest absolute Gasteiger partial charge is 0.484 e. The van der Waals surface area contributed by atoms with Crippen LogP contribution in [0.15, 0.2) is 28.7 Å². The van der Waals surface area contributed by atoms with E-state index in [4.69, 9.17) is 9.15 Å². The summed E-state index contributed by atoms with van der Waals surface area (Å²) in [6, 6.07) is 7.15. The molecule has 0 aliphatic carbocycles. The van der Waals surface area contributed by atoms with E-state index in [1.165, 1.54) is 0 Å². The van der Waals surface area contributed by atoms with Crippen LogP contribution in [0.3, 0.4) is 0 Å². The lowest BCUT2D eigenvalue weighted by Crippen LogP contribution is -2.43. The molecule has 1 aromatic carbocycles. The SMILES string of the molecule is Cc1nnc(-c2ccc(OCC(=O)NC(C)(C)C)cc2)o1. The first-order valence-corrected chi connectivity index (χ1v) is 6.68. The van der Waals surface area contributed by atoms with E-state index in [9.17, 15) is 4.79 Å². The molecule has 0 saturated carbocycles. The standard InChI is InChI=1S/C15H19N3O3/c1-10-17-18-14(21-10)11-5-7-12(8-6-11)20-9-13(19)16-15(2,3)4/h5-8H,9H2,1-4H3,(H,16,19). The van der Waals surface area contributed by atoms with Gasteiger partial charge in [-0.1, -0.05) is 0 Å². The number of aromatic nitrogens is 2. The highest BCUT2D eigenvalue weighted by atomic mass is 16.5. The van der Waals surface area contributed by atoms with Crippen molar-refractivity contribution >= 4 is 5.91 Å². The highest BCUT2D eigenvalue weighted by Crippen LogP contribution is 2.21. The minimum atomic E-state index is -0.264. The maximum Gasteiger partial charge on any atom is 0.258 e. The van der Waals surface area contributed by atoms with Crippen LogP contribution in [0.25, 0.3) is 11.5 Å². The predicted octanol–water partition coefficient (Wildman–Crippen LogP) is 2.34. The zero-order valence-electron chi connectivity index (χ0n) is 12.6. The van der Waals surface area contributed by atoms with Crippen molar-refractivity contribution in [1.29, 1.82) is 0 Å². The zero-order valence-corrected chi connectivity index (χ0v) is 12.6. The Hall–Kier alpha value is -2.37. The third kappa shape index (κ3) is 4.59. The highest BCUT2D eigenvalue weighted by Gasteiger charge is 2.14. The number of benzene rings is 1. The summed E-state index contributed by atoms with van der Waals surface area (Å²) in [5, 5.41) is 10.5. The number of carbonyl (C=O) groups excluding carboxylic acids is 1. The minimum absolute atomic E-state index is 0.0176. The Bertz CT molecular complexity index is 612. The Labute approximate surface area is 123 Å². The summed E-state index contributed by atoms with van der Waals surface area (Å²) < 4.78 is 10.8. The Balaban J connectivity index is 1.92. The van der Waals surface area contributed by atoms with Crippen molar-refractivity contribution in [3.05, 3.63) is 30.2 Å². The van der Waals surface area contributed by atoms with Crippen LogP contribution in [0.5, 0.6) is 5.75 Å². The summed E-state index contributed by atoms with van der Waals surface area (Å²) in [4.78, 5) is 11.7. The van der Waals surface area contributed by atoms with Crippen LogP contribution < -0.4 is 10.1 Å². The molecular formula is C15H19N3O3. The molecule has 0 aliphatic rings. The molecule has 0 unspecified atom stereocenters. The maximum atomic E-state index is 11.7. The third-order valence-electron chi connectivity index (χ3n) is 2.51. The second-order valence-corrected chi connectivity index (χ2v) is 5.74. The quantitative estimate of drug-likeness (QED) is 0.934. The molecule has 0 spiro atoms. The number of carbonyl (C=O) groups is 1.